The molecule has 0 spiro atoms. The van der Waals surface area contributed by atoms with Crippen molar-refractivity contribution in [1.29, 1.82) is 0 Å². The molecule has 0 atom stereocenters. The molecule has 4 rings (SSSR count). The van der Waals surface area contributed by atoms with Crippen LogP contribution in [-0.2, 0) is 17.4 Å². The third-order valence-corrected chi connectivity index (χ3v) is 7.76. The molecule has 2 N–H and O–H groups in total. The van der Waals surface area contributed by atoms with E-state index in [-0.39, 0.29) is 23.3 Å². The zero-order valence-electron chi connectivity index (χ0n) is 22.8. The van der Waals surface area contributed by atoms with Gasteiger partial charge in [0, 0.05) is 29.6 Å². The number of aliphatic hydroxyl groups is 1. The maximum atomic E-state index is 13.2. The summed E-state index contributed by atoms with van der Waals surface area (Å²) < 4.78 is 2.32. The van der Waals surface area contributed by atoms with Crippen molar-refractivity contribution in [2.24, 2.45) is 5.92 Å². The zero-order chi connectivity index (χ0) is 25.6. The lowest BCUT2D eigenvalue weighted by atomic mass is 9.89. The highest BCUT2D eigenvalue weighted by molar-refractivity contribution is 5.97. The van der Waals surface area contributed by atoms with E-state index in [0.29, 0.717) is 11.5 Å². The SMILES string of the molecule is Cc1c(C(=O)NCC(C)(C)O)cc(-c2cc(C(C)(C)C)nc(C3(C)CC3)n2)n1CC1CCCCC1. The fraction of sp³-hybridized carbons (Fsp3) is 0.690. The molecule has 6 heteroatoms. The van der Waals surface area contributed by atoms with E-state index in [4.69, 9.17) is 9.97 Å². The van der Waals surface area contributed by atoms with Gasteiger partial charge in [-0.05, 0) is 64.5 Å². The summed E-state index contributed by atoms with van der Waals surface area (Å²) in [6.45, 7) is 15.4. The molecule has 0 unspecified atom stereocenters. The van der Waals surface area contributed by atoms with E-state index in [1.54, 1.807) is 13.8 Å². The Balaban J connectivity index is 1.80. The number of rotatable bonds is 7. The molecule has 2 aliphatic carbocycles. The van der Waals surface area contributed by atoms with Gasteiger partial charge in [0.05, 0.1) is 28.2 Å². The summed E-state index contributed by atoms with van der Waals surface area (Å²) >= 11 is 0. The van der Waals surface area contributed by atoms with Gasteiger partial charge in [-0.3, -0.25) is 4.79 Å². The fourth-order valence-corrected chi connectivity index (χ4v) is 4.99. The summed E-state index contributed by atoms with van der Waals surface area (Å²) in [5.74, 6) is 1.40. The third-order valence-electron chi connectivity index (χ3n) is 7.76. The fourth-order valence-electron chi connectivity index (χ4n) is 4.99. The van der Waals surface area contributed by atoms with Crippen molar-refractivity contribution in [1.82, 2.24) is 19.9 Å². The van der Waals surface area contributed by atoms with Gasteiger partial charge in [-0.15, -0.1) is 0 Å². The number of hydrogen-bond acceptors (Lipinski definition) is 4. The lowest BCUT2D eigenvalue weighted by molar-refractivity contribution is 0.0694. The Morgan fingerprint density at radius 2 is 1.77 bits per heavy atom. The van der Waals surface area contributed by atoms with Crippen LogP contribution in [-0.4, -0.2) is 37.7 Å². The molecule has 0 saturated heterocycles. The van der Waals surface area contributed by atoms with Crippen LogP contribution in [0.2, 0.25) is 0 Å². The molecule has 2 aromatic heterocycles. The van der Waals surface area contributed by atoms with Crippen molar-refractivity contribution in [3.8, 4) is 11.4 Å². The van der Waals surface area contributed by atoms with Crippen molar-refractivity contribution < 1.29 is 9.90 Å². The van der Waals surface area contributed by atoms with Crippen LogP contribution in [0.3, 0.4) is 0 Å². The summed E-state index contributed by atoms with van der Waals surface area (Å²) in [4.78, 5) is 23.3. The topological polar surface area (TPSA) is 80.0 Å². The monoisotopic (exact) mass is 480 g/mol. The minimum atomic E-state index is -0.958. The third kappa shape index (κ3) is 5.96. The lowest BCUT2D eigenvalue weighted by Gasteiger charge is -2.25. The Kier molecular flexibility index (Phi) is 6.91. The smallest absolute Gasteiger partial charge is 0.253 e. The average Bonchev–Trinajstić information content (AvgIpc) is 3.46. The molecule has 2 fully saturated rings. The molecule has 2 heterocycles. The van der Waals surface area contributed by atoms with Gasteiger partial charge in [0.2, 0.25) is 0 Å². The van der Waals surface area contributed by atoms with E-state index in [1.165, 1.54) is 32.1 Å². The van der Waals surface area contributed by atoms with Crippen molar-refractivity contribution in [3.63, 3.8) is 0 Å². The highest BCUT2D eigenvalue weighted by atomic mass is 16.3. The molecular formula is C29H44N4O2. The zero-order valence-corrected chi connectivity index (χ0v) is 22.8. The molecule has 2 aliphatic rings. The standard InChI is InChI=1S/C29H44N4O2/c1-19-21(25(34)30-18-28(5,6)35)15-23(33(19)17-20-11-9-8-10-12-20)22-16-24(27(2,3)4)32-26(31-22)29(7)13-14-29/h15-16,20,35H,8-14,17-18H2,1-7H3,(H,30,34). The second kappa shape index (κ2) is 9.34. The van der Waals surface area contributed by atoms with Gasteiger partial charge in [0.15, 0.2) is 0 Å². The molecule has 2 saturated carbocycles. The maximum absolute atomic E-state index is 13.2. The summed E-state index contributed by atoms with van der Waals surface area (Å²) in [6, 6.07) is 4.13. The van der Waals surface area contributed by atoms with Crippen LogP contribution in [0, 0.1) is 12.8 Å². The average molecular weight is 481 g/mol. The minimum absolute atomic E-state index is 0.0543. The Labute approximate surface area is 211 Å². The number of amides is 1. The largest absolute Gasteiger partial charge is 0.389 e. The molecule has 6 nitrogen and oxygen atoms in total. The van der Waals surface area contributed by atoms with Crippen molar-refractivity contribution in [2.75, 3.05) is 6.54 Å². The van der Waals surface area contributed by atoms with Gasteiger partial charge < -0.3 is 15.0 Å². The second-order valence-corrected chi connectivity index (χ2v) is 12.9. The van der Waals surface area contributed by atoms with Crippen LogP contribution < -0.4 is 5.32 Å². The molecule has 0 bridgehead atoms. The predicted octanol–water partition coefficient (Wildman–Crippen LogP) is 5.68. The van der Waals surface area contributed by atoms with Gasteiger partial charge in [-0.2, -0.15) is 0 Å². The molecule has 0 aliphatic heterocycles. The van der Waals surface area contributed by atoms with Crippen LogP contribution in [0.15, 0.2) is 12.1 Å². The summed E-state index contributed by atoms with van der Waals surface area (Å²) in [6.07, 6.45) is 8.59. The van der Waals surface area contributed by atoms with Crippen molar-refractivity contribution in [2.45, 2.75) is 116 Å². The molecular weight excluding hydrogens is 436 g/mol. The lowest BCUT2D eigenvalue weighted by Crippen LogP contribution is -2.38. The molecule has 192 valence electrons. The number of nitrogens with zero attached hydrogens (tertiary/aromatic N) is 3. The molecule has 0 radical (unpaired) electrons. The second-order valence-electron chi connectivity index (χ2n) is 12.9. The predicted molar refractivity (Wildman–Crippen MR) is 141 cm³/mol. The quantitative estimate of drug-likeness (QED) is 0.534. The number of carbonyl (C=O) groups is 1. The first-order valence-corrected chi connectivity index (χ1v) is 13.4. The van der Waals surface area contributed by atoms with E-state index in [9.17, 15) is 9.90 Å². The Hall–Kier alpha value is -2.21. The number of carbonyl (C=O) groups excluding carboxylic acids is 1. The van der Waals surface area contributed by atoms with Crippen LogP contribution >= 0.6 is 0 Å². The first-order chi connectivity index (χ1) is 16.3. The molecule has 0 aromatic carbocycles. The van der Waals surface area contributed by atoms with Gasteiger partial charge in [-0.25, -0.2) is 9.97 Å². The van der Waals surface area contributed by atoms with Gasteiger partial charge in [0.1, 0.15) is 5.82 Å². The number of aromatic nitrogens is 3. The van der Waals surface area contributed by atoms with Gasteiger partial charge in [0.25, 0.3) is 5.91 Å². The van der Waals surface area contributed by atoms with E-state index in [1.807, 2.05) is 13.0 Å². The maximum Gasteiger partial charge on any atom is 0.253 e. The highest BCUT2D eigenvalue weighted by Crippen LogP contribution is 2.47. The van der Waals surface area contributed by atoms with E-state index >= 15 is 0 Å². The Morgan fingerprint density at radius 1 is 1.11 bits per heavy atom. The normalized spacial score (nSPS) is 18.5. The van der Waals surface area contributed by atoms with E-state index < -0.39 is 5.60 Å². The molecule has 1 amide bonds. The van der Waals surface area contributed by atoms with Crippen LogP contribution in [0.25, 0.3) is 11.4 Å². The van der Waals surface area contributed by atoms with Gasteiger partial charge in [-0.1, -0.05) is 47.0 Å². The van der Waals surface area contributed by atoms with Crippen LogP contribution in [0.1, 0.15) is 114 Å². The number of hydrogen-bond donors (Lipinski definition) is 2. The summed E-state index contributed by atoms with van der Waals surface area (Å²) in [5, 5.41) is 13.0. The van der Waals surface area contributed by atoms with Crippen LogP contribution in [0.4, 0.5) is 0 Å². The Morgan fingerprint density at radius 3 is 2.34 bits per heavy atom. The Bertz CT molecular complexity index is 1050. The van der Waals surface area contributed by atoms with E-state index in [2.05, 4.69) is 43.6 Å². The first kappa shape index (κ1) is 25.9. The minimum Gasteiger partial charge on any atom is -0.389 e. The van der Waals surface area contributed by atoms with Gasteiger partial charge >= 0.3 is 0 Å². The summed E-state index contributed by atoms with van der Waals surface area (Å²) in [7, 11) is 0. The van der Waals surface area contributed by atoms with E-state index in [0.717, 1.165) is 48.0 Å². The number of nitrogens with one attached hydrogen (secondary N) is 1. The van der Waals surface area contributed by atoms with Crippen LogP contribution in [0.5, 0.6) is 0 Å². The molecule has 35 heavy (non-hydrogen) atoms. The van der Waals surface area contributed by atoms with Crippen molar-refractivity contribution in [3.05, 3.63) is 34.9 Å². The first-order valence-electron chi connectivity index (χ1n) is 13.4. The van der Waals surface area contributed by atoms with Crippen molar-refractivity contribution >= 4 is 5.91 Å². The highest BCUT2D eigenvalue weighted by Gasteiger charge is 2.43. The summed E-state index contributed by atoms with van der Waals surface area (Å²) in [5.41, 5.74) is 3.58. The molecule has 2 aromatic rings.